The number of anilines is 1. The number of ether oxygens (including phenoxy) is 1. The van der Waals surface area contributed by atoms with Gasteiger partial charge in [0.25, 0.3) is 5.69 Å². The maximum absolute atomic E-state index is 11.3. The van der Waals surface area contributed by atoms with Crippen molar-refractivity contribution in [1.82, 2.24) is 15.2 Å². The number of unbranched alkanes of at least 4 members (excludes halogenated alkanes) is 1. The summed E-state index contributed by atoms with van der Waals surface area (Å²) in [7, 11) is 0. The molecule has 0 amide bonds. The number of benzene rings is 2. The van der Waals surface area contributed by atoms with Gasteiger partial charge in [0.05, 0.1) is 10.5 Å². The van der Waals surface area contributed by atoms with Crippen LogP contribution < -0.4 is 10.1 Å². The van der Waals surface area contributed by atoms with E-state index in [1.54, 1.807) is 42.1 Å². The number of thioether (sulfide) groups is 1. The van der Waals surface area contributed by atoms with E-state index in [0.29, 0.717) is 22.3 Å². The first kappa shape index (κ1) is 20.8. The third kappa shape index (κ3) is 4.83. The van der Waals surface area contributed by atoms with Gasteiger partial charge in [-0.15, -0.1) is 10.2 Å². The number of nitro benzene ring substituents is 1. The first-order valence-electron chi connectivity index (χ1n) is 9.97. The highest BCUT2D eigenvalue weighted by molar-refractivity contribution is 7.99. The van der Waals surface area contributed by atoms with Crippen LogP contribution in [-0.4, -0.2) is 32.1 Å². The van der Waals surface area contributed by atoms with Crippen molar-refractivity contribution in [2.75, 3.05) is 11.1 Å². The molecule has 31 heavy (non-hydrogen) atoms. The predicted octanol–water partition coefficient (Wildman–Crippen LogP) is 5.18. The molecule has 0 aliphatic carbocycles. The quantitative estimate of drug-likeness (QED) is 0.234. The van der Waals surface area contributed by atoms with Crippen LogP contribution in [0.25, 0.3) is 17.3 Å². The van der Waals surface area contributed by atoms with Gasteiger partial charge in [-0.3, -0.25) is 10.1 Å². The molecule has 0 spiro atoms. The van der Waals surface area contributed by atoms with Crippen molar-refractivity contribution in [3.63, 3.8) is 0 Å². The minimum absolute atomic E-state index is 0.0341. The number of nitrogens with one attached hydrogen (secondary N) is 1. The summed E-state index contributed by atoms with van der Waals surface area (Å²) in [5.74, 6) is 1.29. The van der Waals surface area contributed by atoms with E-state index in [4.69, 9.17) is 4.74 Å². The van der Waals surface area contributed by atoms with Crippen LogP contribution >= 0.6 is 11.8 Å². The Bertz CT molecular complexity index is 1120. The van der Waals surface area contributed by atoms with Crippen LogP contribution in [0.15, 0.2) is 59.8 Å². The fourth-order valence-electron chi connectivity index (χ4n) is 3.11. The highest BCUT2D eigenvalue weighted by Gasteiger charge is 2.24. The highest BCUT2D eigenvalue weighted by Crippen LogP contribution is 2.36. The molecule has 1 atom stereocenters. The molecule has 4 rings (SSSR count). The predicted molar refractivity (Wildman–Crippen MR) is 121 cm³/mol. The Morgan fingerprint density at radius 2 is 2.00 bits per heavy atom. The van der Waals surface area contributed by atoms with Crippen molar-refractivity contribution in [1.29, 1.82) is 0 Å². The Kier molecular flexibility index (Phi) is 6.42. The first-order chi connectivity index (χ1) is 15.2. The standard InChI is InChI=1S/C22H21N5O3S/c1-2-3-14-31-22-24-21-20(25-26-22)16-9-5-6-10-17(16)23-19(30-21)13-12-15-8-4-7-11-18(15)27(28)29/h4-13,19,23H,2-3,14H2,1H3/b13-12+. The summed E-state index contributed by atoms with van der Waals surface area (Å²) >= 11 is 1.54. The van der Waals surface area contributed by atoms with Crippen molar-refractivity contribution < 1.29 is 9.66 Å². The minimum atomic E-state index is -0.590. The summed E-state index contributed by atoms with van der Waals surface area (Å²) in [6.45, 7) is 2.14. The van der Waals surface area contributed by atoms with Gasteiger partial charge in [0.2, 0.25) is 11.0 Å². The Balaban J connectivity index is 1.67. The number of rotatable bonds is 7. The summed E-state index contributed by atoms with van der Waals surface area (Å²) in [6.07, 6.45) is 4.98. The lowest BCUT2D eigenvalue weighted by molar-refractivity contribution is -0.385. The van der Waals surface area contributed by atoms with Crippen LogP contribution in [0.2, 0.25) is 0 Å². The van der Waals surface area contributed by atoms with Crippen LogP contribution in [-0.2, 0) is 0 Å². The molecule has 8 nitrogen and oxygen atoms in total. The highest BCUT2D eigenvalue weighted by atomic mass is 32.2. The van der Waals surface area contributed by atoms with Gasteiger partial charge in [0, 0.05) is 23.1 Å². The fraction of sp³-hybridized carbons (Fsp3) is 0.227. The third-order valence-electron chi connectivity index (χ3n) is 4.67. The van der Waals surface area contributed by atoms with Crippen molar-refractivity contribution in [3.8, 4) is 17.1 Å². The SMILES string of the molecule is CCCCSc1nnc2c(n1)OC(/C=C/c1ccccc1[N+](=O)[O-])Nc1ccccc1-2. The van der Waals surface area contributed by atoms with Gasteiger partial charge in [-0.05, 0) is 30.7 Å². The molecule has 2 aromatic carbocycles. The fourth-order valence-corrected chi connectivity index (χ4v) is 3.97. The van der Waals surface area contributed by atoms with Crippen molar-refractivity contribution in [2.24, 2.45) is 0 Å². The summed E-state index contributed by atoms with van der Waals surface area (Å²) in [5, 5.41) is 23.8. The zero-order chi connectivity index (χ0) is 21.6. The molecule has 0 saturated carbocycles. The lowest BCUT2D eigenvalue weighted by Crippen LogP contribution is -2.23. The molecule has 0 radical (unpaired) electrons. The molecule has 1 aliphatic rings. The maximum Gasteiger partial charge on any atom is 0.276 e. The molecule has 3 aromatic rings. The van der Waals surface area contributed by atoms with E-state index < -0.39 is 11.2 Å². The molecule has 1 aromatic heterocycles. The molecule has 0 fully saturated rings. The molecule has 1 unspecified atom stereocenters. The number of hydrogen-bond acceptors (Lipinski definition) is 8. The Labute approximate surface area is 183 Å². The second-order valence-corrected chi connectivity index (χ2v) is 7.92. The summed E-state index contributed by atoms with van der Waals surface area (Å²) in [4.78, 5) is 15.5. The smallest absolute Gasteiger partial charge is 0.276 e. The van der Waals surface area contributed by atoms with Gasteiger partial charge in [0.15, 0.2) is 11.9 Å². The molecule has 158 valence electrons. The molecule has 0 saturated heterocycles. The maximum atomic E-state index is 11.3. The van der Waals surface area contributed by atoms with E-state index >= 15 is 0 Å². The lowest BCUT2D eigenvalue weighted by Gasteiger charge is -2.15. The van der Waals surface area contributed by atoms with Crippen LogP contribution in [0.3, 0.4) is 0 Å². The zero-order valence-electron chi connectivity index (χ0n) is 16.9. The Morgan fingerprint density at radius 3 is 2.84 bits per heavy atom. The topological polar surface area (TPSA) is 103 Å². The van der Waals surface area contributed by atoms with Gasteiger partial charge in [0.1, 0.15) is 0 Å². The van der Waals surface area contributed by atoms with Crippen LogP contribution in [0.1, 0.15) is 25.3 Å². The van der Waals surface area contributed by atoms with Gasteiger partial charge in [-0.25, -0.2) is 0 Å². The number of para-hydroxylation sites is 2. The monoisotopic (exact) mass is 435 g/mol. The van der Waals surface area contributed by atoms with Crippen LogP contribution in [0.5, 0.6) is 5.88 Å². The van der Waals surface area contributed by atoms with E-state index in [0.717, 1.165) is 29.8 Å². The van der Waals surface area contributed by atoms with Crippen molar-refractivity contribution in [3.05, 3.63) is 70.3 Å². The second kappa shape index (κ2) is 9.57. The number of nitrogens with zero attached hydrogens (tertiary/aromatic N) is 4. The number of aromatic nitrogens is 3. The molecule has 9 heteroatoms. The summed E-state index contributed by atoms with van der Waals surface area (Å²) < 4.78 is 6.11. The van der Waals surface area contributed by atoms with E-state index in [1.165, 1.54) is 6.07 Å². The van der Waals surface area contributed by atoms with E-state index in [1.807, 2.05) is 24.3 Å². The van der Waals surface area contributed by atoms with Crippen molar-refractivity contribution in [2.45, 2.75) is 31.1 Å². The second-order valence-electron chi connectivity index (χ2n) is 6.85. The van der Waals surface area contributed by atoms with Gasteiger partial charge in [-0.1, -0.05) is 55.4 Å². The molecular weight excluding hydrogens is 414 g/mol. The summed E-state index contributed by atoms with van der Waals surface area (Å²) in [6, 6.07) is 14.2. The number of fused-ring (bicyclic) bond motifs is 3. The Morgan fingerprint density at radius 1 is 1.19 bits per heavy atom. The largest absolute Gasteiger partial charge is 0.448 e. The Hall–Kier alpha value is -3.46. The van der Waals surface area contributed by atoms with Crippen LogP contribution in [0.4, 0.5) is 11.4 Å². The molecule has 1 N–H and O–H groups in total. The third-order valence-corrected chi connectivity index (χ3v) is 5.59. The van der Waals surface area contributed by atoms with Gasteiger partial charge in [-0.2, -0.15) is 4.98 Å². The summed E-state index contributed by atoms with van der Waals surface area (Å²) in [5.41, 5.74) is 2.74. The minimum Gasteiger partial charge on any atom is -0.448 e. The van der Waals surface area contributed by atoms with E-state index in [2.05, 4.69) is 27.4 Å². The van der Waals surface area contributed by atoms with Gasteiger partial charge >= 0.3 is 0 Å². The normalized spacial score (nSPS) is 14.8. The molecule has 0 bridgehead atoms. The van der Waals surface area contributed by atoms with E-state index in [-0.39, 0.29) is 5.69 Å². The molecule has 2 heterocycles. The average molecular weight is 436 g/mol. The average Bonchev–Trinajstić information content (AvgIpc) is 2.94. The van der Waals surface area contributed by atoms with Gasteiger partial charge < -0.3 is 10.1 Å². The molecular formula is C22H21N5O3S. The zero-order valence-corrected chi connectivity index (χ0v) is 17.7. The first-order valence-corrected chi connectivity index (χ1v) is 11.0. The molecule has 1 aliphatic heterocycles. The van der Waals surface area contributed by atoms with Crippen LogP contribution in [0, 0.1) is 10.1 Å². The number of nitro groups is 1. The number of hydrogen-bond donors (Lipinski definition) is 1. The van der Waals surface area contributed by atoms with Crippen molar-refractivity contribution >= 4 is 29.2 Å². The van der Waals surface area contributed by atoms with E-state index in [9.17, 15) is 10.1 Å². The lowest BCUT2D eigenvalue weighted by atomic mass is 10.1.